The molecule has 0 unspecified atom stereocenters. The van der Waals surface area contributed by atoms with Crippen LogP contribution in [0.1, 0.15) is 0 Å². The van der Waals surface area contributed by atoms with Crippen LogP contribution < -0.4 is 10.4 Å². The number of halogens is 6. The van der Waals surface area contributed by atoms with Crippen LogP contribution in [0.3, 0.4) is 0 Å². The van der Waals surface area contributed by atoms with E-state index in [1.54, 1.807) is 69.1 Å². The summed E-state index contributed by atoms with van der Waals surface area (Å²) in [6, 6.07) is 14.6. The van der Waals surface area contributed by atoms with E-state index in [0.717, 1.165) is 10.4 Å². The third-order valence-electron chi connectivity index (χ3n) is 7.54. The van der Waals surface area contributed by atoms with Crippen molar-refractivity contribution in [3.05, 3.63) is 72.9 Å². The molecular formula is C32H72Cl6O12Si10. The van der Waals surface area contributed by atoms with Crippen molar-refractivity contribution in [2.45, 2.75) is 65.5 Å². The van der Waals surface area contributed by atoms with Crippen LogP contribution in [0.2, 0.25) is 65.5 Å². The largest absolute Gasteiger partial charge is 0.420 e. The zero-order chi connectivity index (χ0) is 47.8. The van der Waals surface area contributed by atoms with E-state index in [9.17, 15) is 0 Å². The molecular weight excluding hydrogens is 1070 g/mol. The molecule has 2 aromatic rings. The molecule has 0 N–H and O–H groups in total. The second kappa shape index (κ2) is 37.7. The van der Waals surface area contributed by atoms with Crippen LogP contribution in [-0.2, 0) is 51.9 Å². The predicted octanol–water partition coefficient (Wildman–Crippen LogP) is 7.73. The van der Waals surface area contributed by atoms with Crippen LogP contribution in [0.5, 0.6) is 0 Å². The minimum absolute atomic E-state index is 0.833. The molecule has 1 saturated heterocycles. The van der Waals surface area contributed by atoms with Crippen molar-refractivity contribution >= 4 is 161 Å². The van der Waals surface area contributed by atoms with Gasteiger partial charge in [-0.25, -0.2) is 0 Å². The highest BCUT2D eigenvalue weighted by Gasteiger charge is 2.31. The first-order chi connectivity index (χ1) is 27.5. The molecule has 0 bridgehead atoms. The Morgan fingerprint density at radius 2 is 0.800 bits per heavy atom. The number of rotatable bonds is 11. The Hall–Kier alpha value is 1.61. The minimum atomic E-state index is -2.62. The molecule has 0 aliphatic carbocycles. The summed E-state index contributed by atoms with van der Waals surface area (Å²) >= 11 is 32.8. The van der Waals surface area contributed by atoms with E-state index in [4.69, 9.17) is 118 Å². The monoisotopic (exact) mass is 1140 g/mol. The van der Waals surface area contributed by atoms with Gasteiger partial charge in [-0.3, -0.25) is 0 Å². The van der Waals surface area contributed by atoms with Gasteiger partial charge >= 0.3 is 47.0 Å². The zero-order valence-corrected chi connectivity index (χ0v) is 53.9. The Morgan fingerprint density at radius 1 is 0.517 bits per heavy atom. The maximum absolute atomic E-state index is 5.73. The molecule has 3 rings (SSSR count). The topological polar surface area (TPSA) is 111 Å². The van der Waals surface area contributed by atoms with Crippen molar-refractivity contribution in [3.8, 4) is 0 Å². The van der Waals surface area contributed by atoms with Gasteiger partial charge in [0.15, 0.2) is 0 Å². The van der Waals surface area contributed by atoms with Crippen molar-refractivity contribution in [3.63, 3.8) is 0 Å². The highest BCUT2D eigenvalue weighted by Crippen LogP contribution is 2.19. The van der Waals surface area contributed by atoms with Crippen LogP contribution in [0.25, 0.3) is 0 Å². The lowest BCUT2D eigenvalue weighted by atomic mass is 10.4. The number of hydrogen-bond donors (Lipinski definition) is 0. The third-order valence-corrected chi connectivity index (χ3v) is 31.4. The third kappa shape index (κ3) is 41.1. The van der Waals surface area contributed by atoms with Gasteiger partial charge < -0.3 is 51.9 Å². The molecule has 1 aliphatic rings. The molecule has 0 saturated carbocycles. The lowest BCUT2D eigenvalue weighted by Crippen LogP contribution is -2.49. The molecule has 2 aromatic carbocycles. The Balaban J connectivity index is -0.000000312. The quantitative estimate of drug-likeness (QED) is 0.162. The van der Waals surface area contributed by atoms with Gasteiger partial charge in [0.1, 0.15) is 0 Å². The molecule has 12 nitrogen and oxygen atoms in total. The van der Waals surface area contributed by atoms with E-state index in [2.05, 4.69) is 6.58 Å². The lowest BCUT2D eigenvalue weighted by molar-refractivity contribution is 0.258. The van der Waals surface area contributed by atoms with E-state index in [1.807, 2.05) is 120 Å². The van der Waals surface area contributed by atoms with Crippen molar-refractivity contribution in [2.24, 2.45) is 0 Å². The summed E-state index contributed by atoms with van der Waals surface area (Å²) in [4.78, 5) is 0. The average Bonchev–Trinajstić information content (AvgIpc) is 3.20. The fourth-order valence-corrected chi connectivity index (χ4v) is 19.3. The predicted molar refractivity (Wildman–Crippen MR) is 281 cm³/mol. The Morgan fingerprint density at radius 3 is 0.933 bits per heavy atom. The molecule has 0 radical (unpaired) electrons. The molecule has 0 atom stereocenters. The van der Waals surface area contributed by atoms with E-state index < -0.39 is 84.1 Å². The second-order valence-corrected chi connectivity index (χ2v) is 52.3. The summed E-state index contributed by atoms with van der Waals surface area (Å²) in [7, 11) is 0.897. The summed E-state index contributed by atoms with van der Waals surface area (Å²) in [5.74, 6) is 0. The zero-order valence-electron chi connectivity index (χ0n) is 38.6. The summed E-state index contributed by atoms with van der Waals surface area (Å²) in [5.41, 5.74) is 1.74. The normalized spacial score (nSPS) is 18.1. The summed E-state index contributed by atoms with van der Waals surface area (Å²) < 4.78 is 63.1. The molecule has 0 aromatic heterocycles. The SMILES string of the molecule is C=C[Si](C)(OC)OC.CO[SiH](C)OC.CO[Si](C)(C)OC.CO[Si](C)(OC)c1ccccc1.C[SiH]1O[SiH](C)O[SiH](C)O[SiH](C)O1.C[Si](Cl)(Cl)Cl.Cl[Si](Cl)(Cl)c1ccccc1. The maximum Gasteiger partial charge on any atom is 0.372 e. The van der Waals surface area contributed by atoms with Crippen LogP contribution in [0.4, 0.5) is 0 Å². The van der Waals surface area contributed by atoms with Crippen molar-refractivity contribution in [1.82, 2.24) is 0 Å². The fraction of sp³-hybridized carbons (Fsp3) is 0.562. The van der Waals surface area contributed by atoms with Crippen molar-refractivity contribution in [1.29, 1.82) is 0 Å². The highest BCUT2D eigenvalue weighted by atomic mass is 35.8. The maximum atomic E-state index is 5.73. The smallest absolute Gasteiger partial charge is 0.372 e. The van der Waals surface area contributed by atoms with Crippen molar-refractivity contribution < 1.29 is 51.9 Å². The molecule has 354 valence electrons. The van der Waals surface area contributed by atoms with E-state index in [0.29, 0.717) is 0 Å². The second-order valence-electron chi connectivity index (χ2n) is 12.7. The first-order valence-electron chi connectivity index (χ1n) is 18.4. The Kier molecular flexibility index (Phi) is 42.8. The van der Waals surface area contributed by atoms with Gasteiger partial charge in [-0.15, -0.1) is 73.1 Å². The lowest BCUT2D eigenvalue weighted by Gasteiger charge is -2.28. The van der Waals surface area contributed by atoms with Gasteiger partial charge in [-0.1, -0.05) is 60.7 Å². The molecule has 0 amide bonds. The number of benzene rings is 2. The molecule has 0 spiro atoms. The molecule has 1 heterocycles. The molecule has 1 fully saturated rings. The average molecular weight is 1140 g/mol. The van der Waals surface area contributed by atoms with Gasteiger partial charge in [0.2, 0.25) is 0 Å². The fourth-order valence-electron chi connectivity index (χ4n) is 3.32. The van der Waals surface area contributed by atoms with Crippen LogP contribution in [0.15, 0.2) is 72.9 Å². The van der Waals surface area contributed by atoms with Crippen LogP contribution in [0, 0.1) is 0 Å². The van der Waals surface area contributed by atoms with Crippen LogP contribution in [-0.4, -0.2) is 141 Å². The Bertz CT molecular complexity index is 1240. The van der Waals surface area contributed by atoms with Gasteiger partial charge in [0, 0.05) is 56.9 Å². The van der Waals surface area contributed by atoms with E-state index in [-0.39, 0.29) is 0 Å². The van der Waals surface area contributed by atoms with Crippen molar-refractivity contribution in [2.75, 3.05) is 56.9 Å². The van der Waals surface area contributed by atoms with Gasteiger partial charge in [-0.2, -0.15) is 0 Å². The summed E-state index contributed by atoms with van der Waals surface area (Å²) in [6.45, 7) is 23.3. The molecule has 28 heteroatoms. The van der Waals surface area contributed by atoms with Gasteiger partial charge in [0.05, 0.1) is 0 Å². The summed E-state index contributed by atoms with van der Waals surface area (Å²) in [5, 5.41) is 2.00. The number of hydrogen-bond acceptors (Lipinski definition) is 12. The van der Waals surface area contributed by atoms with Gasteiger partial charge in [0.25, 0.3) is 37.1 Å². The van der Waals surface area contributed by atoms with E-state index in [1.165, 1.54) is 0 Å². The van der Waals surface area contributed by atoms with Crippen LogP contribution >= 0.6 is 66.5 Å². The summed E-state index contributed by atoms with van der Waals surface area (Å²) in [6.07, 6.45) is 0. The highest BCUT2D eigenvalue weighted by molar-refractivity contribution is 7.69. The minimum Gasteiger partial charge on any atom is -0.420 e. The molecule has 60 heavy (non-hydrogen) atoms. The van der Waals surface area contributed by atoms with E-state index >= 15 is 0 Å². The molecule has 1 aliphatic heterocycles. The first-order valence-corrected chi connectivity index (χ1v) is 47.0. The Labute approximate surface area is 404 Å². The standard InChI is InChI=1S/C9H14O2Si.C6H5Cl3Si.C5H12O2Si.C4H16O4Si4.C4H12O2Si.C3H10O2Si.CH3Cl3Si/c1-10-12(3,11-2)9-7-5-4-6-8-9;7-10(8,9)6-4-2-1-3-5-6;1-5-8(4,6-2)7-3;1-9-5-10(2)7-12(4)8-11(3)6-9;1-5-7(3,4)6-2;1-4-6(3)5-2;1-5(2,3)4/h4-8H,1-3H3;1-5H;5H,1H2,2-4H3;9-12H,1-4H3;1-4H3;6H,1-3H3;1H3. The van der Waals surface area contributed by atoms with Gasteiger partial charge in [-0.05, 0) is 81.5 Å². The first kappa shape index (κ1) is 68.2.